The van der Waals surface area contributed by atoms with Crippen molar-refractivity contribution in [3.05, 3.63) is 22.4 Å². The van der Waals surface area contributed by atoms with E-state index in [0.29, 0.717) is 17.8 Å². The van der Waals surface area contributed by atoms with Crippen LogP contribution < -0.4 is 10.6 Å². The van der Waals surface area contributed by atoms with E-state index in [-0.39, 0.29) is 30.4 Å². The molecule has 0 fully saturated rings. The molecule has 1 rings (SSSR count). The van der Waals surface area contributed by atoms with Crippen molar-refractivity contribution in [3.63, 3.8) is 0 Å². The number of carbonyl (C=O) groups is 2. The van der Waals surface area contributed by atoms with Gasteiger partial charge in [-0.2, -0.15) is 0 Å². The molecule has 0 saturated heterocycles. The van der Waals surface area contributed by atoms with Crippen LogP contribution in [0.15, 0.2) is 17.5 Å². The quantitative estimate of drug-likeness (QED) is 0.699. The van der Waals surface area contributed by atoms with Gasteiger partial charge in [-0.1, -0.05) is 13.0 Å². The first-order chi connectivity index (χ1) is 8.99. The maximum Gasteiger partial charge on any atom is 0.261 e. The van der Waals surface area contributed by atoms with E-state index >= 15 is 0 Å². The summed E-state index contributed by atoms with van der Waals surface area (Å²) in [7, 11) is 0. The molecular formula is C13H20N2O3S. The Morgan fingerprint density at radius 3 is 2.68 bits per heavy atom. The molecule has 0 radical (unpaired) electrons. The fraction of sp³-hybridized carbons (Fsp3) is 0.538. The van der Waals surface area contributed by atoms with Crippen molar-refractivity contribution >= 4 is 23.2 Å². The Hall–Kier alpha value is -1.40. The van der Waals surface area contributed by atoms with Gasteiger partial charge in [0.1, 0.15) is 0 Å². The molecule has 2 amide bonds. The van der Waals surface area contributed by atoms with Crippen LogP contribution in [0.2, 0.25) is 0 Å². The summed E-state index contributed by atoms with van der Waals surface area (Å²) < 4.78 is 0. The second kappa shape index (κ2) is 7.91. The van der Waals surface area contributed by atoms with E-state index < -0.39 is 0 Å². The normalized spacial score (nSPS) is 13.6. The van der Waals surface area contributed by atoms with Gasteiger partial charge in [0.05, 0.1) is 17.5 Å². The molecule has 0 aliphatic carbocycles. The molecule has 0 aliphatic heterocycles. The lowest BCUT2D eigenvalue weighted by molar-refractivity contribution is -0.120. The number of nitrogens with one attached hydrogen (secondary N) is 2. The molecule has 2 atom stereocenters. The van der Waals surface area contributed by atoms with Crippen LogP contribution >= 0.6 is 11.3 Å². The second-order valence-electron chi connectivity index (χ2n) is 4.65. The van der Waals surface area contributed by atoms with Gasteiger partial charge >= 0.3 is 0 Å². The second-order valence-corrected chi connectivity index (χ2v) is 5.60. The molecule has 1 heterocycles. The number of hydrogen-bond acceptors (Lipinski definition) is 4. The van der Waals surface area contributed by atoms with Crippen molar-refractivity contribution in [1.82, 2.24) is 10.6 Å². The highest BCUT2D eigenvalue weighted by atomic mass is 32.1. The van der Waals surface area contributed by atoms with E-state index in [9.17, 15) is 14.7 Å². The average Bonchev–Trinajstić information content (AvgIpc) is 2.86. The molecule has 19 heavy (non-hydrogen) atoms. The molecule has 106 valence electrons. The number of rotatable bonds is 7. The summed E-state index contributed by atoms with van der Waals surface area (Å²) in [4.78, 5) is 23.7. The van der Waals surface area contributed by atoms with Crippen LogP contribution in [0.1, 0.15) is 29.9 Å². The maximum atomic E-state index is 11.6. The number of thiophene rings is 1. The van der Waals surface area contributed by atoms with Crippen molar-refractivity contribution in [2.75, 3.05) is 13.1 Å². The minimum atomic E-state index is -0.370. The van der Waals surface area contributed by atoms with Gasteiger partial charge in [-0.05, 0) is 30.7 Å². The number of amides is 2. The topological polar surface area (TPSA) is 78.4 Å². The molecule has 0 aliphatic rings. The first kappa shape index (κ1) is 15.7. The Labute approximate surface area is 117 Å². The average molecular weight is 284 g/mol. The standard InChI is InChI=1S/C13H20N2O3S/c1-9(6-10(2)16)7-14-12(17)8-15-13(18)11-4-3-5-19-11/h3-5,9-10,16H,6-8H2,1-2H3,(H,14,17)(H,15,18). The lowest BCUT2D eigenvalue weighted by atomic mass is 10.1. The zero-order valence-electron chi connectivity index (χ0n) is 11.2. The van der Waals surface area contributed by atoms with Gasteiger partial charge in [-0.3, -0.25) is 9.59 Å². The fourth-order valence-electron chi connectivity index (χ4n) is 1.67. The highest BCUT2D eigenvalue weighted by molar-refractivity contribution is 7.12. The van der Waals surface area contributed by atoms with Gasteiger partial charge in [0.25, 0.3) is 5.91 Å². The van der Waals surface area contributed by atoms with Crippen molar-refractivity contribution < 1.29 is 14.7 Å². The van der Waals surface area contributed by atoms with E-state index in [0.717, 1.165) is 0 Å². The Morgan fingerprint density at radius 2 is 2.11 bits per heavy atom. The number of aliphatic hydroxyl groups excluding tert-OH is 1. The summed E-state index contributed by atoms with van der Waals surface area (Å²) in [6.45, 7) is 4.15. The lowest BCUT2D eigenvalue weighted by Crippen LogP contribution is -2.38. The lowest BCUT2D eigenvalue weighted by Gasteiger charge is -2.14. The van der Waals surface area contributed by atoms with Crippen LogP contribution in [-0.2, 0) is 4.79 Å². The van der Waals surface area contributed by atoms with Crippen molar-refractivity contribution in [3.8, 4) is 0 Å². The summed E-state index contributed by atoms with van der Waals surface area (Å²) in [5.41, 5.74) is 0. The van der Waals surface area contributed by atoms with Gasteiger partial charge in [0.2, 0.25) is 5.91 Å². The highest BCUT2D eigenvalue weighted by Crippen LogP contribution is 2.07. The molecule has 2 unspecified atom stereocenters. The summed E-state index contributed by atoms with van der Waals surface area (Å²) in [6.07, 6.45) is 0.271. The highest BCUT2D eigenvalue weighted by Gasteiger charge is 2.10. The Bertz CT molecular complexity index is 404. The van der Waals surface area contributed by atoms with Gasteiger partial charge < -0.3 is 15.7 Å². The van der Waals surface area contributed by atoms with Crippen LogP contribution in [0.25, 0.3) is 0 Å². The van der Waals surface area contributed by atoms with Gasteiger partial charge in [-0.25, -0.2) is 0 Å². The van der Waals surface area contributed by atoms with Crippen LogP contribution in [0.3, 0.4) is 0 Å². The van der Waals surface area contributed by atoms with Crippen LogP contribution in [0.5, 0.6) is 0 Å². The molecule has 1 aromatic rings. The minimum Gasteiger partial charge on any atom is -0.393 e. The predicted octanol–water partition coefficient (Wildman–Crippen LogP) is 1.00. The van der Waals surface area contributed by atoms with Crippen LogP contribution in [0, 0.1) is 5.92 Å². The smallest absolute Gasteiger partial charge is 0.261 e. The third-order valence-corrected chi connectivity index (χ3v) is 3.41. The zero-order valence-corrected chi connectivity index (χ0v) is 12.0. The molecular weight excluding hydrogens is 264 g/mol. The SMILES string of the molecule is CC(O)CC(C)CNC(=O)CNC(=O)c1cccs1. The minimum absolute atomic E-state index is 0.0296. The van der Waals surface area contributed by atoms with Crippen LogP contribution in [-0.4, -0.2) is 36.1 Å². The molecule has 1 aromatic heterocycles. The van der Waals surface area contributed by atoms with Gasteiger partial charge in [-0.15, -0.1) is 11.3 Å². The zero-order chi connectivity index (χ0) is 14.3. The van der Waals surface area contributed by atoms with E-state index in [4.69, 9.17) is 0 Å². The molecule has 5 nitrogen and oxygen atoms in total. The van der Waals surface area contributed by atoms with E-state index in [1.807, 2.05) is 12.3 Å². The maximum absolute atomic E-state index is 11.6. The summed E-state index contributed by atoms with van der Waals surface area (Å²) in [5.74, 6) is -0.249. The number of hydrogen-bond donors (Lipinski definition) is 3. The molecule has 0 aromatic carbocycles. The van der Waals surface area contributed by atoms with E-state index in [1.54, 1.807) is 19.1 Å². The predicted molar refractivity (Wildman–Crippen MR) is 75.1 cm³/mol. The summed E-state index contributed by atoms with van der Waals surface area (Å²) in [5, 5.41) is 16.3. The molecule has 6 heteroatoms. The van der Waals surface area contributed by atoms with Gasteiger partial charge in [0.15, 0.2) is 0 Å². The van der Waals surface area contributed by atoms with Gasteiger partial charge in [0, 0.05) is 6.54 Å². The third kappa shape index (κ3) is 6.35. The molecule has 0 spiro atoms. The fourth-order valence-corrected chi connectivity index (χ4v) is 2.31. The Morgan fingerprint density at radius 1 is 1.37 bits per heavy atom. The molecule has 0 bridgehead atoms. The van der Waals surface area contributed by atoms with Crippen molar-refractivity contribution in [1.29, 1.82) is 0 Å². The molecule has 3 N–H and O–H groups in total. The van der Waals surface area contributed by atoms with E-state index in [2.05, 4.69) is 10.6 Å². The molecule has 0 saturated carbocycles. The summed E-state index contributed by atoms with van der Waals surface area (Å²) in [6, 6.07) is 3.50. The number of aliphatic hydroxyl groups is 1. The monoisotopic (exact) mass is 284 g/mol. The Kier molecular flexibility index (Phi) is 6.52. The van der Waals surface area contributed by atoms with E-state index in [1.165, 1.54) is 11.3 Å². The summed E-state index contributed by atoms with van der Waals surface area (Å²) >= 11 is 1.34. The Balaban J connectivity index is 2.19. The van der Waals surface area contributed by atoms with Crippen molar-refractivity contribution in [2.24, 2.45) is 5.92 Å². The van der Waals surface area contributed by atoms with Crippen LogP contribution in [0.4, 0.5) is 0 Å². The third-order valence-electron chi connectivity index (χ3n) is 2.55. The van der Waals surface area contributed by atoms with Crippen molar-refractivity contribution in [2.45, 2.75) is 26.4 Å². The first-order valence-electron chi connectivity index (χ1n) is 6.25. The first-order valence-corrected chi connectivity index (χ1v) is 7.13. The largest absolute Gasteiger partial charge is 0.393 e. The number of carbonyl (C=O) groups excluding carboxylic acids is 2.